The molecule has 6 aromatic heterocycles. The van der Waals surface area contributed by atoms with Crippen molar-refractivity contribution >= 4 is 137 Å². The van der Waals surface area contributed by atoms with Crippen LogP contribution in [0.4, 0.5) is 5.69 Å². The molecule has 76 heavy (non-hydrogen) atoms. The van der Waals surface area contributed by atoms with Crippen LogP contribution in [0.5, 0.6) is 0 Å². The molecule has 17 aromatic rings. The molecule has 0 aliphatic rings. The Morgan fingerprint density at radius 3 is 0.974 bits per heavy atom. The van der Waals surface area contributed by atoms with Crippen molar-refractivity contribution in [2.45, 2.75) is 0 Å². The highest BCUT2D eigenvalue weighted by Gasteiger charge is 2.35. The highest BCUT2D eigenvalue weighted by Crippen LogP contribution is 2.52. The van der Waals surface area contributed by atoms with E-state index in [0.717, 1.165) is 142 Å². The van der Waals surface area contributed by atoms with Crippen molar-refractivity contribution in [2.75, 3.05) is 0 Å². The topological polar surface area (TPSA) is 74.2 Å². The van der Waals surface area contributed by atoms with E-state index in [0.29, 0.717) is 11.4 Å². The predicted molar refractivity (Wildman–Crippen MR) is 309 cm³/mol. The molecule has 0 saturated carbocycles. The summed E-state index contributed by atoms with van der Waals surface area (Å²) in [4.78, 5) is 4.64. The molecule has 17 rings (SSSR count). The number of rotatable bonds is 4. The minimum absolute atomic E-state index is 0.222. The van der Waals surface area contributed by atoms with Gasteiger partial charge in [0.25, 0.3) is 0 Å². The van der Waals surface area contributed by atoms with E-state index < -0.39 is 0 Å². The molecule has 11 aromatic carbocycles. The number of hydrogen-bond acceptors (Lipinski definition) is 3. The fraction of sp³-hybridized carbons (Fsp3) is 0. The van der Waals surface area contributed by atoms with Gasteiger partial charge in [-0.15, -0.1) is 0 Å². The van der Waals surface area contributed by atoms with Crippen LogP contribution >= 0.6 is 0 Å². The molecule has 0 atom stereocenters. The summed E-state index contributed by atoms with van der Waals surface area (Å²) in [6, 6.07) is 78.8. The Morgan fingerprint density at radius 2 is 0.605 bits per heavy atom. The number of benzene rings is 11. The van der Waals surface area contributed by atoms with Crippen molar-refractivity contribution < 1.29 is 8.83 Å². The maximum absolute atomic E-state index is 12.4. The fourth-order valence-corrected chi connectivity index (χ4v) is 12.9. The third-order valence-electron chi connectivity index (χ3n) is 16.0. The van der Waals surface area contributed by atoms with Gasteiger partial charge in [0, 0.05) is 64.6 Å². The van der Waals surface area contributed by atoms with E-state index in [9.17, 15) is 11.8 Å². The van der Waals surface area contributed by atoms with Gasteiger partial charge < -0.3 is 27.1 Å². The summed E-state index contributed by atoms with van der Waals surface area (Å²) in [7, 11) is 0. The van der Waals surface area contributed by atoms with Crippen molar-refractivity contribution in [3.05, 3.63) is 235 Å². The Labute approximate surface area is 431 Å². The summed E-state index contributed by atoms with van der Waals surface area (Å²) in [6.07, 6.45) is 0. The first-order valence-corrected chi connectivity index (χ1v) is 25.3. The Balaban J connectivity index is 1.19. The summed E-state index contributed by atoms with van der Waals surface area (Å²) in [6.45, 7) is 9.65. The van der Waals surface area contributed by atoms with Crippen LogP contribution < -0.4 is 0 Å². The first-order chi connectivity index (χ1) is 37.7. The van der Waals surface area contributed by atoms with Crippen LogP contribution in [0, 0.1) is 17.9 Å². The zero-order valence-electron chi connectivity index (χ0n) is 40.3. The number of para-hydroxylation sites is 8. The van der Waals surface area contributed by atoms with Gasteiger partial charge in [-0.3, -0.25) is 0 Å². The summed E-state index contributed by atoms with van der Waals surface area (Å²) >= 11 is 0. The fourth-order valence-electron chi connectivity index (χ4n) is 12.9. The molecule has 8 heteroatoms. The average molecular weight is 969 g/mol. The van der Waals surface area contributed by atoms with E-state index in [-0.39, 0.29) is 11.3 Å². The van der Waals surface area contributed by atoms with Gasteiger partial charge in [-0.2, -0.15) is 5.26 Å². The van der Waals surface area contributed by atoms with E-state index in [4.69, 9.17) is 8.83 Å². The summed E-state index contributed by atoms with van der Waals surface area (Å²) < 4.78 is 22.4. The van der Waals surface area contributed by atoms with E-state index in [1.807, 2.05) is 36.4 Å². The smallest absolute Gasteiger partial charge is 0.232 e. The largest absolute Gasteiger partial charge is 0.456 e. The standard InChI is InChI=1S/C68H36N6O2/c1-70-64-51(38-69)65(73-56-30-14-6-22-43(56)47-36-62-49(34-58(47)73)45-24-8-16-32-60(45)75-62)67(71-52-26-10-2-18-39(52)40-19-3-11-27-53(40)71)68(72-54-28-12-4-20-41(54)42-21-5-13-29-55(42)72)66(64)74-57-31-15-7-23-44(57)48-37-63-50(35-59(48)74)46-25-9-17-33-61(46)76-63/h2-37H. The lowest BCUT2D eigenvalue weighted by Gasteiger charge is -2.28. The van der Waals surface area contributed by atoms with Crippen LogP contribution in [-0.4, -0.2) is 18.3 Å². The van der Waals surface area contributed by atoms with Gasteiger partial charge in [0.05, 0.1) is 85.1 Å². The molecule has 0 aliphatic carbocycles. The van der Waals surface area contributed by atoms with Gasteiger partial charge in [0.1, 0.15) is 22.3 Å². The van der Waals surface area contributed by atoms with Crippen molar-refractivity contribution in [1.82, 2.24) is 18.3 Å². The SMILES string of the molecule is [C-]#[N+]c1c(C#N)c(-n2c3ccccc3c3cc4oc5ccccc5c4cc32)c(-n2c3ccccc3c3ccccc32)c(-n2c3ccccc3c3ccccc32)c1-n1c2ccccc2c2cc3oc4ccccc4c3cc21. The number of nitrogens with zero attached hydrogens (tertiary/aromatic N) is 6. The third kappa shape index (κ3) is 5.18. The maximum atomic E-state index is 12.4. The average Bonchev–Trinajstić information content (AvgIpc) is 4.47. The van der Waals surface area contributed by atoms with Crippen molar-refractivity contribution in [3.8, 4) is 28.8 Å². The zero-order valence-corrected chi connectivity index (χ0v) is 40.3. The zero-order chi connectivity index (χ0) is 49.9. The Kier molecular flexibility index (Phi) is 7.99. The molecular formula is C68H36N6O2. The van der Waals surface area contributed by atoms with Crippen molar-refractivity contribution in [1.29, 1.82) is 5.26 Å². The lowest BCUT2D eigenvalue weighted by atomic mass is 10.0. The Bertz CT molecular complexity index is 5070. The van der Waals surface area contributed by atoms with Crippen LogP contribution in [0.1, 0.15) is 5.56 Å². The molecule has 0 unspecified atom stereocenters. The molecule has 350 valence electrons. The molecule has 0 aliphatic heterocycles. The molecule has 0 N–H and O–H groups in total. The lowest BCUT2D eigenvalue weighted by molar-refractivity contribution is 0.669. The van der Waals surface area contributed by atoms with Crippen molar-refractivity contribution in [3.63, 3.8) is 0 Å². The number of aromatic nitrogens is 4. The summed E-state index contributed by atoms with van der Waals surface area (Å²) in [5.74, 6) is 0. The van der Waals surface area contributed by atoms with Crippen molar-refractivity contribution in [2.24, 2.45) is 0 Å². The van der Waals surface area contributed by atoms with E-state index in [1.165, 1.54) is 0 Å². The van der Waals surface area contributed by atoms with Gasteiger partial charge in [0.2, 0.25) is 5.69 Å². The molecule has 8 nitrogen and oxygen atoms in total. The third-order valence-corrected chi connectivity index (χ3v) is 16.0. The molecule has 0 fully saturated rings. The summed E-state index contributed by atoms with van der Waals surface area (Å²) in [5, 5.41) is 24.4. The monoisotopic (exact) mass is 968 g/mol. The first-order valence-electron chi connectivity index (χ1n) is 25.3. The van der Waals surface area contributed by atoms with Crippen LogP contribution in [0.25, 0.3) is 159 Å². The second-order valence-electron chi connectivity index (χ2n) is 19.7. The highest BCUT2D eigenvalue weighted by atomic mass is 16.3. The van der Waals surface area contributed by atoms with E-state index in [2.05, 4.69) is 211 Å². The lowest BCUT2D eigenvalue weighted by Crippen LogP contribution is -2.15. The van der Waals surface area contributed by atoms with Gasteiger partial charge >= 0.3 is 0 Å². The highest BCUT2D eigenvalue weighted by molar-refractivity contribution is 6.21. The summed E-state index contributed by atoms with van der Waals surface area (Å²) in [5.41, 5.74) is 13.6. The molecule has 6 heterocycles. The minimum atomic E-state index is 0.222. The molecular weight excluding hydrogens is 933 g/mol. The van der Waals surface area contributed by atoms with Gasteiger partial charge in [-0.25, -0.2) is 4.85 Å². The normalized spacial score (nSPS) is 12.2. The van der Waals surface area contributed by atoms with Crippen LogP contribution in [0.15, 0.2) is 227 Å². The van der Waals surface area contributed by atoms with Gasteiger partial charge in [0.15, 0.2) is 0 Å². The van der Waals surface area contributed by atoms with Gasteiger partial charge in [-0.1, -0.05) is 146 Å². The molecule has 0 bridgehead atoms. The Morgan fingerprint density at radius 1 is 0.303 bits per heavy atom. The molecule has 0 saturated heterocycles. The minimum Gasteiger partial charge on any atom is -0.456 e. The quantitative estimate of drug-likeness (QED) is 0.165. The van der Waals surface area contributed by atoms with Crippen LogP contribution in [0.2, 0.25) is 0 Å². The van der Waals surface area contributed by atoms with E-state index >= 15 is 0 Å². The number of fused-ring (bicyclic) bond motifs is 18. The second kappa shape index (κ2) is 14.9. The maximum Gasteiger partial charge on any atom is 0.232 e. The predicted octanol–water partition coefficient (Wildman–Crippen LogP) is 18.3. The molecule has 0 amide bonds. The molecule has 0 radical (unpaired) electrons. The molecule has 0 spiro atoms. The van der Waals surface area contributed by atoms with E-state index in [1.54, 1.807) is 0 Å². The first kappa shape index (κ1) is 40.8. The second-order valence-corrected chi connectivity index (χ2v) is 19.7. The number of nitriles is 1. The van der Waals surface area contributed by atoms with Crippen LogP contribution in [-0.2, 0) is 0 Å². The number of furan rings is 2. The Hall–Kier alpha value is -10.8. The van der Waals surface area contributed by atoms with Gasteiger partial charge in [-0.05, 0) is 72.8 Å². The van der Waals surface area contributed by atoms with Crippen LogP contribution in [0.3, 0.4) is 0 Å². The number of hydrogen-bond donors (Lipinski definition) is 0.